The van der Waals surface area contributed by atoms with Gasteiger partial charge in [0, 0.05) is 9.75 Å². The molecule has 0 aliphatic carbocycles. The molecule has 0 aliphatic heterocycles. The highest BCUT2D eigenvalue weighted by molar-refractivity contribution is 7.11. The molecule has 1 aromatic heterocycles. The van der Waals surface area contributed by atoms with Crippen LogP contribution in [0.4, 0.5) is 0 Å². The minimum atomic E-state index is -0.225. The summed E-state index contributed by atoms with van der Waals surface area (Å²) in [7, 11) is 0. The molecule has 0 fully saturated rings. The van der Waals surface area contributed by atoms with Crippen molar-refractivity contribution in [1.82, 2.24) is 10.2 Å². The molecule has 1 atom stereocenters. The lowest BCUT2D eigenvalue weighted by atomic mass is 10.0. The lowest BCUT2D eigenvalue weighted by Gasteiger charge is -2.29. The van der Waals surface area contributed by atoms with Gasteiger partial charge in [0.05, 0.1) is 6.54 Å². The van der Waals surface area contributed by atoms with E-state index in [2.05, 4.69) is 43.1 Å². The molecule has 1 aromatic carbocycles. The SMILES string of the molecule is CCN(CC)C(C(=O)NCc1ccc(C)s1)c1ccccc1. The Balaban J connectivity index is 2.12. The molecule has 0 spiro atoms. The fourth-order valence-corrected chi connectivity index (χ4v) is 3.43. The van der Waals surface area contributed by atoms with Gasteiger partial charge in [-0.25, -0.2) is 0 Å². The summed E-state index contributed by atoms with van der Waals surface area (Å²) in [5.41, 5.74) is 1.05. The number of benzene rings is 1. The number of nitrogens with one attached hydrogen (secondary N) is 1. The molecule has 118 valence electrons. The van der Waals surface area contributed by atoms with E-state index in [9.17, 15) is 4.79 Å². The van der Waals surface area contributed by atoms with Crippen molar-refractivity contribution in [2.24, 2.45) is 0 Å². The van der Waals surface area contributed by atoms with Crippen molar-refractivity contribution in [2.45, 2.75) is 33.4 Å². The number of likely N-dealkylation sites (N-methyl/N-ethyl adjacent to an activating group) is 1. The van der Waals surface area contributed by atoms with Crippen LogP contribution in [-0.2, 0) is 11.3 Å². The van der Waals surface area contributed by atoms with E-state index in [1.807, 2.05) is 30.3 Å². The fourth-order valence-electron chi connectivity index (χ4n) is 2.60. The first-order valence-electron chi connectivity index (χ1n) is 7.77. The molecular formula is C18H24N2OS. The van der Waals surface area contributed by atoms with Crippen molar-refractivity contribution < 1.29 is 4.79 Å². The molecule has 1 amide bonds. The second-order valence-corrected chi connectivity index (χ2v) is 6.64. The summed E-state index contributed by atoms with van der Waals surface area (Å²) in [5, 5.41) is 3.09. The normalized spacial score (nSPS) is 12.4. The average molecular weight is 316 g/mol. The lowest BCUT2D eigenvalue weighted by molar-refractivity contribution is -0.126. The Bertz CT molecular complexity index is 590. The van der Waals surface area contributed by atoms with Crippen LogP contribution in [0, 0.1) is 6.92 Å². The molecule has 0 aliphatic rings. The molecular weight excluding hydrogens is 292 g/mol. The van der Waals surface area contributed by atoms with Crippen LogP contribution in [0.2, 0.25) is 0 Å². The minimum absolute atomic E-state index is 0.0703. The highest BCUT2D eigenvalue weighted by Gasteiger charge is 2.25. The molecule has 1 unspecified atom stereocenters. The predicted octanol–water partition coefficient (Wildman–Crippen LogP) is 3.76. The molecule has 0 saturated carbocycles. The van der Waals surface area contributed by atoms with E-state index in [1.165, 1.54) is 9.75 Å². The van der Waals surface area contributed by atoms with E-state index in [0.717, 1.165) is 18.7 Å². The summed E-state index contributed by atoms with van der Waals surface area (Å²) in [6.45, 7) is 8.56. The quantitative estimate of drug-likeness (QED) is 0.843. The number of thiophene rings is 1. The smallest absolute Gasteiger partial charge is 0.242 e. The number of carbonyl (C=O) groups excluding carboxylic acids is 1. The maximum atomic E-state index is 12.7. The van der Waals surface area contributed by atoms with Crippen molar-refractivity contribution in [3.05, 3.63) is 57.8 Å². The van der Waals surface area contributed by atoms with Gasteiger partial charge in [-0.05, 0) is 37.7 Å². The summed E-state index contributed by atoms with van der Waals surface area (Å²) < 4.78 is 0. The van der Waals surface area contributed by atoms with Crippen LogP contribution in [0.1, 0.15) is 35.2 Å². The maximum absolute atomic E-state index is 12.7. The largest absolute Gasteiger partial charge is 0.350 e. The standard InChI is InChI=1S/C18H24N2OS/c1-4-20(5-2)17(15-9-7-6-8-10-15)18(21)19-13-16-12-11-14(3)22-16/h6-12,17H,4-5,13H2,1-3H3,(H,19,21). The number of amides is 1. The second-order valence-electron chi connectivity index (χ2n) is 5.26. The zero-order valence-corrected chi connectivity index (χ0v) is 14.3. The third kappa shape index (κ3) is 4.18. The molecule has 4 heteroatoms. The van der Waals surface area contributed by atoms with Gasteiger partial charge in [0.2, 0.25) is 5.91 Å². The van der Waals surface area contributed by atoms with E-state index in [1.54, 1.807) is 11.3 Å². The van der Waals surface area contributed by atoms with Gasteiger partial charge in [-0.1, -0.05) is 44.2 Å². The Morgan fingerprint density at radius 1 is 1.14 bits per heavy atom. The monoisotopic (exact) mass is 316 g/mol. The Morgan fingerprint density at radius 3 is 2.36 bits per heavy atom. The summed E-state index contributed by atoms with van der Waals surface area (Å²) in [6.07, 6.45) is 0. The zero-order chi connectivity index (χ0) is 15.9. The Kier molecular flexibility index (Phi) is 6.16. The summed E-state index contributed by atoms with van der Waals surface area (Å²) >= 11 is 1.73. The molecule has 2 aromatic rings. The molecule has 2 rings (SSSR count). The van der Waals surface area contributed by atoms with Gasteiger partial charge in [0.1, 0.15) is 6.04 Å². The van der Waals surface area contributed by atoms with Crippen LogP contribution in [-0.4, -0.2) is 23.9 Å². The topological polar surface area (TPSA) is 32.3 Å². The van der Waals surface area contributed by atoms with E-state index < -0.39 is 0 Å². The Labute approximate surface area is 137 Å². The van der Waals surface area contributed by atoms with Gasteiger partial charge < -0.3 is 5.32 Å². The van der Waals surface area contributed by atoms with Crippen LogP contribution >= 0.6 is 11.3 Å². The van der Waals surface area contributed by atoms with Crippen LogP contribution in [0.5, 0.6) is 0 Å². The number of hydrogen-bond acceptors (Lipinski definition) is 3. The van der Waals surface area contributed by atoms with Gasteiger partial charge in [0.15, 0.2) is 0 Å². The highest BCUT2D eigenvalue weighted by atomic mass is 32.1. The van der Waals surface area contributed by atoms with Crippen LogP contribution < -0.4 is 5.32 Å². The van der Waals surface area contributed by atoms with Crippen LogP contribution in [0.3, 0.4) is 0 Å². The number of nitrogens with zero attached hydrogens (tertiary/aromatic N) is 1. The number of rotatable bonds is 7. The third-order valence-corrected chi connectivity index (χ3v) is 4.77. The fraction of sp³-hybridized carbons (Fsp3) is 0.389. The summed E-state index contributed by atoms with van der Waals surface area (Å²) in [6, 6.07) is 14.0. The van der Waals surface area contributed by atoms with Gasteiger partial charge in [0.25, 0.3) is 0 Å². The van der Waals surface area contributed by atoms with Gasteiger partial charge in [-0.3, -0.25) is 9.69 Å². The average Bonchev–Trinajstić information content (AvgIpc) is 2.96. The van der Waals surface area contributed by atoms with Gasteiger partial charge >= 0.3 is 0 Å². The number of aryl methyl sites for hydroxylation is 1. The van der Waals surface area contributed by atoms with Crippen molar-refractivity contribution in [1.29, 1.82) is 0 Å². The predicted molar refractivity (Wildman–Crippen MR) is 93.0 cm³/mol. The van der Waals surface area contributed by atoms with Crippen molar-refractivity contribution in [2.75, 3.05) is 13.1 Å². The van der Waals surface area contributed by atoms with E-state index in [0.29, 0.717) is 6.54 Å². The molecule has 0 bridgehead atoms. The number of carbonyl (C=O) groups is 1. The molecule has 0 radical (unpaired) electrons. The highest BCUT2D eigenvalue weighted by Crippen LogP contribution is 2.21. The Morgan fingerprint density at radius 2 is 1.82 bits per heavy atom. The number of hydrogen-bond donors (Lipinski definition) is 1. The van der Waals surface area contributed by atoms with Crippen LogP contribution in [0.15, 0.2) is 42.5 Å². The first kappa shape index (κ1) is 16.7. The minimum Gasteiger partial charge on any atom is -0.350 e. The van der Waals surface area contributed by atoms with Gasteiger partial charge in [-0.15, -0.1) is 11.3 Å². The molecule has 1 N–H and O–H groups in total. The first-order chi connectivity index (χ1) is 10.7. The molecule has 22 heavy (non-hydrogen) atoms. The van der Waals surface area contributed by atoms with E-state index in [-0.39, 0.29) is 11.9 Å². The lowest BCUT2D eigenvalue weighted by Crippen LogP contribution is -2.40. The third-order valence-electron chi connectivity index (χ3n) is 3.77. The van der Waals surface area contributed by atoms with E-state index >= 15 is 0 Å². The zero-order valence-electron chi connectivity index (χ0n) is 13.5. The molecule has 0 saturated heterocycles. The van der Waals surface area contributed by atoms with Crippen molar-refractivity contribution in [3.63, 3.8) is 0 Å². The molecule has 3 nitrogen and oxygen atoms in total. The van der Waals surface area contributed by atoms with E-state index in [4.69, 9.17) is 0 Å². The van der Waals surface area contributed by atoms with Gasteiger partial charge in [-0.2, -0.15) is 0 Å². The summed E-state index contributed by atoms with van der Waals surface area (Å²) in [5.74, 6) is 0.0703. The second kappa shape index (κ2) is 8.11. The summed E-state index contributed by atoms with van der Waals surface area (Å²) in [4.78, 5) is 17.4. The van der Waals surface area contributed by atoms with Crippen molar-refractivity contribution >= 4 is 17.2 Å². The molecule has 1 heterocycles. The van der Waals surface area contributed by atoms with Crippen molar-refractivity contribution in [3.8, 4) is 0 Å². The van der Waals surface area contributed by atoms with Crippen LogP contribution in [0.25, 0.3) is 0 Å². The first-order valence-corrected chi connectivity index (χ1v) is 8.59. The maximum Gasteiger partial charge on any atom is 0.242 e. The Hall–Kier alpha value is -1.65.